The van der Waals surface area contributed by atoms with Crippen molar-refractivity contribution < 1.29 is 42.1 Å². The van der Waals surface area contributed by atoms with E-state index >= 15 is 0 Å². The Balaban J connectivity index is 1.65. The number of rotatable bonds is 5. The Hall–Kier alpha value is -3.72. The third kappa shape index (κ3) is 6.13. The average molecular weight is 453 g/mol. The van der Waals surface area contributed by atoms with Gasteiger partial charge in [-0.2, -0.15) is 0 Å². The van der Waals surface area contributed by atoms with Gasteiger partial charge in [-0.15, -0.1) is 13.2 Å². The lowest BCUT2D eigenvalue weighted by Crippen LogP contribution is -2.17. The van der Waals surface area contributed by atoms with Crippen molar-refractivity contribution in [1.29, 1.82) is 0 Å². The van der Waals surface area contributed by atoms with Crippen LogP contribution in [0.2, 0.25) is 5.02 Å². The first-order valence-electron chi connectivity index (χ1n) is 8.49. The molecule has 0 unspecified atom stereocenters. The third-order valence-corrected chi connectivity index (χ3v) is 4.05. The molecule has 0 fully saturated rings. The fourth-order valence-corrected chi connectivity index (χ4v) is 2.61. The van der Waals surface area contributed by atoms with Crippen molar-refractivity contribution in [3.8, 4) is 23.0 Å². The molecular weight excluding hydrogens is 441 g/mol. The van der Waals surface area contributed by atoms with E-state index in [2.05, 4.69) is 4.74 Å². The number of phenolic OH excluding ortho intramolecular Hbond substituents is 1. The number of hydrogen-bond acceptors (Lipinski definition) is 6. The van der Waals surface area contributed by atoms with Crippen molar-refractivity contribution >= 4 is 23.5 Å². The topological polar surface area (TPSA) is 82.1 Å². The highest BCUT2D eigenvalue weighted by molar-refractivity contribution is 6.33. The number of phenols is 1. The minimum absolute atomic E-state index is 0.00928. The Morgan fingerprint density at radius 1 is 0.774 bits per heavy atom. The van der Waals surface area contributed by atoms with E-state index in [1.54, 1.807) is 0 Å². The second-order valence-corrected chi connectivity index (χ2v) is 6.39. The number of benzene rings is 3. The minimum atomic E-state index is -4.83. The maximum Gasteiger partial charge on any atom is 0.573 e. The van der Waals surface area contributed by atoms with Gasteiger partial charge in [0.2, 0.25) is 0 Å². The number of carbonyl (C=O) groups excluding carboxylic acids is 2. The number of halogens is 4. The molecular formula is C21H12ClF3O6. The van der Waals surface area contributed by atoms with Gasteiger partial charge in [-0.05, 0) is 60.7 Å². The summed E-state index contributed by atoms with van der Waals surface area (Å²) in [6, 6.07) is 13.4. The van der Waals surface area contributed by atoms with Crippen molar-refractivity contribution in [3.05, 3.63) is 82.9 Å². The van der Waals surface area contributed by atoms with E-state index < -0.39 is 24.1 Å². The summed E-state index contributed by atoms with van der Waals surface area (Å²) in [5.74, 6) is -2.01. The molecule has 3 aromatic rings. The summed E-state index contributed by atoms with van der Waals surface area (Å²) in [5.41, 5.74) is 0.136. The van der Waals surface area contributed by atoms with Crippen LogP contribution in [0.5, 0.6) is 23.0 Å². The molecule has 10 heteroatoms. The van der Waals surface area contributed by atoms with Gasteiger partial charge < -0.3 is 19.3 Å². The molecule has 0 aliphatic heterocycles. The van der Waals surface area contributed by atoms with Crippen LogP contribution in [0.1, 0.15) is 20.7 Å². The van der Waals surface area contributed by atoms with Crippen LogP contribution < -0.4 is 14.2 Å². The van der Waals surface area contributed by atoms with Gasteiger partial charge in [0.1, 0.15) is 23.0 Å². The molecule has 1 N–H and O–H groups in total. The van der Waals surface area contributed by atoms with Crippen molar-refractivity contribution in [1.82, 2.24) is 0 Å². The maximum atomic E-state index is 12.3. The quantitative estimate of drug-likeness (QED) is 0.413. The number of alkyl halides is 3. The van der Waals surface area contributed by atoms with Crippen LogP contribution in [0, 0.1) is 0 Å². The minimum Gasteiger partial charge on any atom is -0.508 e. The van der Waals surface area contributed by atoms with Crippen LogP contribution in [0.15, 0.2) is 66.7 Å². The number of ether oxygens (including phenoxy) is 3. The van der Waals surface area contributed by atoms with E-state index in [1.165, 1.54) is 42.5 Å². The maximum absolute atomic E-state index is 12.3. The summed E-state index contributed by atoms with van der Waals surface area (Å²) >= 11 is 6.07. The Labute approximate surface area is 178 Å². The first-order chi connectivity index (χ1) is 14.6. The number of esters is 2. The van der Waals surface area contributed by atoms with Crippen LogP contribution in [0.3, 0.4) is 0 Å². The van der Waals surface area contributed by atoms with E-state index in [4.69, 9.17) is 21.1 Å². The van der Waals surface area contributed by atoms with E-state index in [0.29, 0.717) is 0 Å². The van der Waals surface area contributed by atoms with Crippen LogP contribution in [-0.4, -0.2) is 23.4 Å². The summed E-state index contributed by atoms with van der Waals surface area (Å²) in [7, 11) is 0. The zero-order valence-electron chi connectivity index (χ0n) is 15.4. The van der Waals surface area contributed by atoms with E-state index in [0.717, 1.165) is 24.3 Å². The summed E-state index contributed by atoms with van der Waals surface area (Å²) in [4.78, 5) is 24.4. The van der Waals surface area contributed by atoms with Crippen LogP contribution in [-0.2, 0) is 0 Å². The molecule has 0 amide bonds. The standard InChI is InChI=1S/C21H12ClF3O6/c22-18-11-16(30-19(27)12-1-3-13(26)4-2-12)9-10-17(18)20(28)29-14-5-7-15(8-6-14)31-21(23,24)25/h1-11,26H. The largest absolute Gasteiger partial charge is 0.573 e. The SMILES string of the molecule is O=C(Oc1ccc(C(=O)Oc2ccc(OC(F)(F)F)cc2)c(Cl)c1)c1ccc(O)cc1. The van der Waals surface area contributed by atoms with Gasteiger partial charge in [0.05, 0.1) is 16.1 Å². The summed E-state index contributed by atoms with van der Waals surface area (Å²) in [6.45, 7) is 0. The number of hydrogen-bond donors (Lipinski definition) is 1. The van der Waals surface area contributed by atoms with Crippen LogP contribution in [0.4, 0.5) is 13.2 Å². The molecule has 0 aliphatic rings. The Kier molecular flexibility index (Phi) is 6.36. The molecule has 0 saturated heterocycles. The van der Waals surface area contributed by atoms with Gasteiger partial charge >= 0.3 is 18.3 Å². The molecule has 0 heterocycles. The first-order valence-corrected chi connectivity index (χ1v) is 8.87. The molecule has 0 radical (unpaired) electrons. The van der Waals surface area contributed by atoms with E-state index in [9.17, 15) is 27.9 Å². The third-order valence-electron chi connectivity index (χ3n) is 3.74. The number of carbonyl (C=O) groups is 2. The molecule has 31 heavy (non-hydrogen) atoms. The molecule has 3 aromatic carbocycles. The molecule has 160 valence electrons. The van der Waals surface area contributed by atoms with Gasteiger partial charge in [0, 0.05) is 6.07 Å². The smallest absolute Gasteiger partial charge is 0.508 e. The van der Waals surface area contributed by atoms with Crippen LogP contribution in [0.25, 0.3) is 0 Å². The normalized spacial score (nSPS) is 11.0. The molecule has 0 saturated carbocycles. The van der Waals surface area contributed by atoms with E-state index in [1.807, 2.05) is 0 Å². The van der Waals surface area contributed by atoms with Gasteiger partial charge in [0.25, 0.3) is 0 Å². The molecule has 0 spiro atoms. The lowest BCUT2D eigenvalue weighted by molar-refractivity contribution is -0.274. The predicted octanol–water partition coefficient (Wildman–Crippen LogP) is 5.38. The van der Waals surface area contributed by atoms with Crippen LogP contribution >= 0.6 is 11.6 Å². The Bertz CT molecular complexity index is 1100. The predicted molar refractivity (Wildman–Crippen MR) is 103 cm³/mol. The molecule has 3 rings (SSSR count). The van der Waals surface area contributed by atoms with Gasteiger partial charge in [-0.1, -0.05) is 11.6 Å². The second-order valence-electron chi connectivity index (χ2n) is 5.99. The molecule has 0 bridgehead atoms. The average Bonchev–Trinajstić information content (AvgIpc) is 2.69. The van der Waals surface area contributed by atoms with E-state index in [-0.39, 0.29) is 33.4 Å². The van der Waals surface area contributed by atoms with Crippen molar-refractivity contribution in [2.45, 2.75) is 6.36 Å². The summed E-state index contributed by atoms with van der Waals surface area (Å²) in [5, 5.41) is 9.18. The molecule has 0 aromatic heterocycles. The van der Waals surface area contributed by atoms with Crippen molar-refractivity contribution in [3.63, 3.8) is 0 Å². The monoisotopic (exact) mass is 452 g/mol. The fourth-order valence-electron chi connectivity index (χ4n) is 2.36. The lowest BCUT2D eigenvalue weighted by atomic mass is 10.2. The van der Waals surface area contributed by atoms with Gasteiger partial charge in [-0.3, -0.25) is 0 Å². The lowest BCUT2D eigenvalue weighted by Gasteiger charge is -2.10. The fraction of sp³-hybridized carbons (Fsp3) is 0.0476. The van der Waals surface area contributed by atoms with Gasteiger partial charge in [-0.25, -0.2) is 9.59 Å². The highest BCUT2D eigenvalue weighted by Crippen LogP contribution is 2.27. The summed E-state index contributed by atoms with van der Waals surface area (Å²) < 4.78 is 50.5. The molecule has 0 aliphatic carbocycles. The Morgan fingerprint density at radius 3 is 1.90 bits per heavy atom. The van der Waals surface area contributed by atoms with Crippen molar-refractivity contribution in [2.75, 3.05) is 0 Å². The first kappa shape index (κ1) is 22.0. The van der Waals surface area contributed by atoms with Gasteiger partial charge in [0.15, 0.2) is 0 Å². The van der Waals surface area contributed by atoms with Crippen molar-refractivity contribution in [2.24, 2.45) is 0 Å². The highest BCUT2D eigenvalue weighted by Gasteiger charge is 2.31. The summed E-state index contributed by atoms with van der Waals surface area (Å²) in [6.07, 6.45) is -4.83. The zero-order chi connectivity index (χ0) is 22.6. The zero-order valence-corrected chi connectivity index (χ0v) is 16.1. The molecule has 6 nitrogen and oxygen atoms in total. The number of aromatic hydroxyl groups is 1. The molecule has 0 atom stereocenters. The second kappa shape index (κ2) is 8.97. The highest BCUT2D eigenvalue weighted by atomic mass is 35.5. The Morgan fingerprint density at radius 2 is 1.32 bits per heavy atom.